The second-order valence-corrected chi connectivity index (χ2v) is 5.42. The van der Waals surface area contributed by atoms with Crippen molar-refractivity contribution in [3.05, 3.63) is 60.2 Å². The Morgan fingerprint density at radius 2 is 1.96 bits per heavy atom. The molecule has 0 saturated heterocycles. The summed E-state index contributed by atoms with van der Waals surface area (Å²) in [7, 11) is 1.50. The number of ether oxygens (including phenoxy) is 1. The highest BCUT2D eigenvalue weighted by molar-refractivity contribution is 5.96. The Kier molecular flexibility index (Phi) is 4.35. The fourth-order valence-corrected chi connectivity index (χ4v) is 2.53. The predicted molar refractivity (Wildman–Crippen MR) is 92.4 cm³/mol. The minimum Gasteiger partial charge on any atom is -0.375 e. The molecule has 0 fully saturated rings. The number of rotatable bonds is 4. The van der Waals surface area contributed by atoms with Crippen molar-refractivity contribution in [3.8, 4) is 11.3 Å². The number of nitrogens with one attached hydrogen (secondary N) is 1. The van der Waals surface area contributed by atoms with Crippen LogP contribution in [0.2, 0.25) is 0 Å². The van der Waals surface area contributed by atoms with Crippen LogP contribution in [0.1, 0.15) is 5.56 Å². The van der Waals surface area contributed by atoms with Gasteiger partial charge in [0.1, 0.15) is 6.61 Å². The number of carbonyl (C=O) groups is 1. The Morgan fingerprint density at radius 3 is 2.78 bits per heavy atom. The SMILES string of the molecule is COCC(=O)Nc1ccccc1-c1ccc2cc(C)ccc2n1. The lowest BCUT2D eigenvalue weighted by molar-refractivity contribution is -0.119. The van der Waals surface area contributed by atoms with Crippen LogP contribution in [0.3, 0.4) is 0 Å². The van der Waals surface area contributed by atoms with Crippen molar-refractivity contribution < 1.29 is 9.53 Å². The van der Waals surface area contributed by atoms with Gasteiger partial charge in [0, 0.05) is 18.1 Å². The third kappa shape index (κ3) is 3.38. The summed E-state index contributed by atoms with van der Waals surface area (Å²) < 4.78 is 4.86. The molecule has 3 rings (SSSR count). The summed E-state index contributed by atoms with van der Waals surface area (Å²) in [5, 5.41) is 3.97. The molecule has 1 amide bonds. The molecule has 0 aliphatic heterocycles. The van der Waals surface area contributed by atoms with Crippen LogP contribution in [0.5, 0.6) is 0 Å². The third-order valence-corrected chi connectivity index (χ3v) is 3.60. The standard InChI is InChI=1S/C19H18N2O2/c1-13-7-9-16-14(11-13)8-10-18(20-16)15-5-3-4-6-17(15)21-19(22)12-23-2/h3-11H,12H2,1-2H3,(H,21,22). The van der Waals surface area contributed by atoms with E-state index in [1.54, 1.807) is 0 Å². The number of amides is 1. The second kappa shape index (κ2) is 6.58. The normalized spacial score (nSPS) is 10.7. The largest absolute Gasteiger partial charge is 0.375 e. The van der Waals surface area contributed by atoms with Crippen LogP contribution in [-0.2, 0) is 9.53 Å². The molecule has 0 bridgehead atoms. The molecule has 0 atom stereocenters. The minimum atomic E-state index is -0.184. The van der Waals surface area contributed by atoms with Crippen molar-refractivity contribution in [1.82, 2.24) is 4.98 Å². The lowest BCUT2D eigenvalue weighted by atomic mass is 10.1. The van der Waals surface area contributed by atoms with Crippen molar-refractivity contribution in [2.45, 2.75) is 6.92 Å². The van der Waals surface area contributed by atoms with Gasteiger partial charge < -0.3 is 10.1 Å². The van der Waals surface area contributed by atoms with Crippen LogP contribution in [0.15, 0.2) is 54.6 Å². The van der Waals surface area contributed by atoms with Crippen LogP contribution >= 0.6 is 0 Å². The van der Waals surface area contributed by atoms with Gasteiger partial charge in [0.15, 0.2) is 0 Å². The van der Waals surface area contributed by atoms with Gasteiger partial charge >= 0.3 is 0 Å². The molecule has 0 spiro atoms. The monoisotopic (exact) mass is 306 g/mol. The average Bonchev–Trinajstić information content (AvgIpc) is 2.55. The van der Waals surface area contributed by atoms with Crippen molar-refractivity contribution in [2.24, 2.45) is 0 Å². The van der Waals surface area contributed by atoms with Crippen molar-refractivity contribution in [2.75, 3.05) is 19.0 Å². The van der Waals surface area contributed by atoms with Crippen LogP contribution in [0.4, 0.5) is 5.69 Å². The number of anilines is 1. The van der Waals surface area contributed by atoms with E-state index in [1.165, 1.54) is 12.7 Å². The Balaban J connectivity index is 2.01. The Bertz CT molecular complexity index is 859. The molecular weight excluding hydrogens is 288 g/mol. The number of aromatic nitrogens is 1. The Morgan fingerprint density at radius 1 is 1.13 bits per heavy atom. The van der Waals surface area contributed by atoms with Gasteiger partial charge in [-0.25, -0.2) is 4.98 Å². The number of benzene rings is 2. The smallest absolute Gasteiger partial charge is 0.250 e. The second-order valence-electron chi connectivity index (χ2n) is 5.42. The quantitative estimate of drug-likeness (QED) is 0.797. The number of nitrogens with zero attached hydrogens (tertiary/aromatic N) is 1. The molecule has 0 aliphatic rings. The number of methoxy groups -OCH3 is 1. The maximum Gasteiger partial charge on any atom is 0.250 e. The van der Waals surface area contributed by atoms with Gasteiger partial charge in [0.05, 0.1) is 16.9 Å². The van der Waals surface area contributed by atoms with E-state index in [-0.39, 0.29) is 12.5 Å². The zero-order valence-corrected chi connectivity index (χ0v) is 13.2. The lowest BCUT2D eigenvalue weighted by Gasteiger charge is -2.11. The van der Waals surface area contributed by atoms with Gasteiger partial charge in [0.2, 0.25) is 5.91 Å². The summed E-state index contributed by atoms with van der Waals surface area (Å²) in [6, 6.07) is 17.8. The van der Waals surface area contributed by atoms with E-state index in [2.05, 4.69) is 24.4 Å². The van der Waals surface area contributed by atoms with E-state index in [0.29, 0.717) is 0 Å². The number of para-hydroxylation sites is 1. The summed E-state index contributed by atoms with van der Waals surface area (Å²) in [5.74, 6) is -0.184. The molecule has 0 radical (unpaired) electrons. The van der Waals surface area contributed by atoms with Gasteiger partial charge in [-0.3, -0.25) is 4.79 Å². The van der Waals surface area contributed by atoms with E-state index in [9.17, 15) is 4.79 Å². The average molecular weight is 306 g/mol. The van der Waals surface area contributed by atoms with Crippen molar-refractivity contribution in [3.63, 3.8) is 0 Å². The molecule has 1 N–H and O–H groups in total. The van der Waals surface area contributed by atoms with Crippen LogP contribution in [-0.4, -0.2) is 24.6 Å². The maximum atomic E-state index is 11.8. The van der Waals surface area contributed by atoms with Gasteiger partial charge in [-0.15, -0.1) is 0 Å². The van der Waals surface area contributed by atoms with Gasteiger partial charge in [-0.1, -0.05) is 35.9 Å². The summed E-state index contributed by atoms with van der Waals surface area (Å²) in [4.78, 5) is 16.5. The minimum absolute atomic E-state index is 0.0265. The predicted octanol–water partition coefficient (Wildman–Crippen LogP) is 3.80. The Labute approximate surface area is 135 Å². The summed E-state index contributed by atoms with van der Waals surface area (Å²) in [6.07, 6.45) is 0. The summed E-state index contributed by atoms with van der Waals surface area (Å²) in [5.41, 5.74) is 4.59. The van der Waals surface area contributed by atoms with Crippen LogP contribution < -0.4 is 5.32 Å². The zero-order valence-electron chi connectivity index (χ0n) is 13.2. The van der Waals surface area contributed by atoms with Gasteiger partial charge in [-0.2, -0.15) is 0 Å². The lowest BCUT2D eigenvalue weighted by Crippen LogP contribution is -2.17. The molecule has 4 nitrogen and oxygen atoms in total. The van der Waals surface area contributed by atoms with E-state index in [4.69, 9.17) is 9.72 Å². The molecule has 3 aromatic rings. The van der Waals surface area contributed by atoms with E-state index in [1.807, 2.05) is 42.5 Å². The first kappa shape index (κ1) is 15.2. The third-order valence-electron chi connectivity index (χ3n) is 3.60. The summed E-state index contributed by atoms with van der Waals surface area (Å²) >= 11 is 0. The first-order valence-electron chi connectivity index (χ1n) is 7.43. The number of hydrogen-bond acceptors (Lipinski definition) is 3. The molecule has 1 heterocycles. The fourth-order valence-electron chi connectivity index (χ4n) is 2.53. The van der Waals surface area contributed by atoms with E-state index in [0.717, 1.165) is 27.8 Å². The van der Waals surface area contributed by atoms with Crippen LogP contribution in [0, 0.1) is 6.92 Å². The van der Waals surface area contributed by atoms with Crippen molar-refractivity contribution >= 4 is 22.5 Å². The number of fused-ring (bicyclic) bond motifs is 1. The highest BCUT2D eigenvalue weighted by Gasteiger charge is 2.09. The Hall–Kier alpha value is -2.72. The maximum absolute atomic E-state index is 11.8. The molecule has 1 aromatic heterocycles. The van der Waals surface area contributed by atoms with Crippen molar-refractivity contribution in [1.29, 1.82) is 0 Å². The molecular formula is C19H18N2O2. The van der Waals surface area contributed by atoms with Gasteiger partial charge in [-0.05, 0) is 31.2 Å². The molecule has 2 aromatic carbocycles. The number of aryl methyl sites for hydroxylation is 1. The zero-order chi connectivity index (χ0) is 16.2. The van der Waals surface area contributed by atoms with E-state index >= 15 is 0 Å². The van der Waals surface area contributed by atoms with Gasteiger partial charge in [0.25, 0.3) is 0 Å². The first-order chi connectivity index (χ1) is 11.2. The fraction of sp³-hybridized carbons (Fsp3) is 0.158. The van der Waals surface area contributed by atoms with Crippen LogP contribution in [0.25, 0.3) is 22.2 Å². The molecule has 23 heavy (non-hydrogen) atoms. The number of carbonyl (C=O) groups excluding carboxylic acids is 1. The first-order valence-corrected chi connectivity index (χ1v) is 7.43. The highest BCUT2D eigenvalue weighted by Crippen LogP contribution is 2.28. The summed E-state index contributed by atoms with van der Waals surface area (Å²) in [6.45, 7) is 2.09. The highest BCUT2D eigenvalue weighted by atomic mass is 16.5. The number of hydrogen-bond donors (Lipinski definition) is 1. The molecule has 0 aliphatic carbocycles. The van der Waals surface area contributed by atoms with E-state index < -0.39 is 0 Å². The molecule has 0 unspecified atom stereocenters. The molecule has 4 heteroatoms. The number of pyridine rings is 1. The molecule has 0 saturated carbocycles. The topological polar surface area (TPSA) is 51.2 Å². The molecule has 116 valence electrons.